The number of carbonyl (C=O) groups is 2. The average molecular weight is 469 g/mol. The second-order valence-electron chi connectivity index (χ2n) is 7.73. The van der Waals surface area contributed by atoms with E-state index in [1.165, 1.54) is 0 Å². The number of Topliss-reactive ketones (excluding diaryl/α,β-unsaturated/α-hetero) is 1. The Bertz CT molecular complexity index is 1020. The maximum atomic E-state index is 12.7. The molecule has 8 heteroatoms. The number of likely N-dealkylation sites (tertiary alicyclic amines) is 1. The van der Waals surface area contributed by atoms with E-state index in [1.54, 1.807) is 35.2 Å². The van der Waals surface area contributed by atoms with Gasteiger partial charge < -0.3 is 14.4 Å². The lowest BCUT2D eigenvalue weighted by Gasteiger charge is -2.44. The molecule has 0 aromatic heterocycles. The van der Waals surface area contributed by atoms with Crippen molar-refractivity contribution in [2.24, 2.45) is 0 Å². The molecule has 158 valence electrons. The standard InChI is InChI=1S/C22H20Cl3NO4/c1-13-8-15(24)9-16-18(27)11-22(30-21(13)16)4-6-26(7-5-22)20(28)12-29-19-3-2-14(23)10-17(19)25/h2-3,8-10H,4-7,11-12H2,1H3. The Labute approximate surface area is 189 Å². The second kappa shape index (κ2) is 8.29. The molecular weight excluding hydrogens is 449 g/mol. The van der Waals surface area contributed by atoms with E-state index in [-0.39, 0.29) is 18.3 Å². The first-order valence-corrected chi connectivity index (χ1v) is 10.8. The van der Waals surface area contributed by atoms with Gasteiger partial charge in [0.05, 0.1) is 17.0 Å². The zero-order chi connectivity index (χ0) is 21.5. The Morgan fingerprint density at radius 1 is 1.13 bits per heavy atom. The van der Waals surface area contributed by atoms with Crippen LogP contribution in [0.3, 0.4) is 0 Å². The van der Waals surface area contributed by atoms with Crippen molar-refractivity contribution in [3.05, 3.63) is 56.5 Å². The molecule has 0 saturated carbocycles. The van der Waals surface area contributed by atoms with E-state index in [0.29, 0.717) is 64.5 Å². The quantitative estimate of drug-likeness (QED) is 0.608. The van der Waals surface area contributed by atoms with Crippen LogP contribution in [0, 0.1) is 6.92 Å². The summed E-state index contributed by atoms with van der Waals surface area (Å²) in [6.45, 7) is 2.75. The zero-order valence-corrected chi connectivity index (χ0v) is 18.6. The Morgan fingerprint density at radius 3 is 2.57 bits per heavy atom. The number of nitrogens with zero attached hydrogens (tertiary/aromatic N) is 1. The summed E-state index contributed by atoms with van der Waals surface area (Å²) in [5.74, 6) is 0.912. The van der Waals surface area contributed by atoms with Crippen LogP contribution in [0.4, 0.5) is 0 Å². The third-order valence-electron chi connectivity index (χ3n) is 5.61. The smallest absolute Gasteiger partial charge is 0.260 e. The number of fused-ring (bicyclic) bond motifs is 1. The van der Waals surface area contributed by atoms with Crippen LogP contribution in [0.25, 0.3) is 0 Å². The first-order valence-electron chi connectivity index (χ1n) is 9.64. The number of aryl methyl sites for hydroxylation is 1. The number of rotatable bonds is 3. The van der Waals surface area contributed by atoms with Gasteiger partial charge in [0.15, 0.2) is 12.4 Å². The van der Waals surface area contributed by atoms with Gasteiger partial charge in [-0.15, -0.1) is 0 Å². The molecule has 0 N–H and O–H groups in total. The third kappa shape index (κ3) is 4.25. The predicted molar refractivity (Wildman–Crippen MR) is 116 cm³/mol. The van der Waals surface area contributed by atoms with Crippen molar-refractivity contribution in [2.45, 2.75) is 31.8 Å². The summed E-state index contributed by atoms with van der Waals surface area (Å²) in [7, 11) is 0. The molecule has 0 unspecified atom stereocenters. The van der Waals surface area contributed by atoms with E-state index < -0.39 is 5.60 Å². The molecule has 1 fully saturated rings. The van der Waals surface area contributed by atoms with Crippen LogP contribution in [0.2, 0.25) is 15.1 Å². The molecule has 0 atom stereocenters. The van der Waals surface area contributed by atoms with Crippen LogP contribution in [0.15, 0.2) is 30.3 Å². The van der Waals surface area contributed by atoms with Crippen molar-refractivity contribution in [2.75, 3.05) is 19.7 Å². The first kappa shape index (κ1) is 21.3. The Balaban J connectivity index is 1.38. The van der Waals surface area contributed by atoms with Gasteiger partial charge in [-0.05, 0) is 42.8 Å². The molecule has 1 spiro atoms. The molecule has 5 nitrogen and oxygen atoms in total. The molecule has 4 rings (SSSR count). The maximum Gasteiger partial charge on any atom is 0.260 e. The summed E-state index contributed by atoms with van der Waals surface area (Å²) in [6, 6.07) is 8.32. The fourth-order valence-electron chi connectivity index (χ4n) is 3.98. The summed E-state index contributed by atoms with van der Waals surface area (Å²) in [5.41, 5.74) is 0.800. The Morgan fingerprint density at radius 2 is 1.87 bits per heavy atom. The van der Waals surface area contributed by atoms with Crippen molar-refractivity contribution in [1.29, 1.82) is 0 Å². The molecule has 2 heterocycles. The highest BCUT2D eigenvalue weighted by molar-refractivity contribution is 6.35. The van der Waals surface area contributed by atoms with Crippen LogP contribution in [0.1, 0.15) is 35.2 Å². The maximum absolute atomic E-state index is 12.7. The van der Waals surface area contributed by atoms with Gasteiger partial charge in [-0.2, -0.15) is 0 Å². The molecule has 0 bridgehead atoms. The molecule has 2 aliphatic heterocycles. The van der Waals surface area contributed by atoms with Crippen LogP contribution in [-0.2, 0) is 4.79 Å². The largest absolute Gasteiger partial charge is 0.486 e. The van der Waals surface area contributed by atoms with Crippen LogP contribution >= 0.6 is 34.8 Å². The Hall–Kier alpha value is -1.95. The molecule has 1 amide bonds. The fraction of sp³-hybridized carbons (Fsp3) is 0.364. The van der Waals surface area contributed by atoms with Gasteiger partial charge in [0.1, 0.15) is 17.1 Å². The summed E-state index contributed by atoms with van der Waals surface area (Å²) >= 11 is 18.0. The summed E-state index contributed by atoms with van der Waals surface area (Å²) in [5, 5.41) is 1.39. The summed E-state index contributed by atoms with van der Waals surface area (Å²) in [4.78, 5) is 27.0. The first-order chi connectivity index (χ1) is 14.3. The number of amides is 1. The van der Waals surface area contributed by atoms with Gasteiger partial charge in [0, 0.05) is 36.0 Å². The monoisotopic (exact) mass is 467 g/mol. The van der Waals surface area contributed by atoms with E-state index >= 15 is 0 Å². The minimum atomic E-state index is -0.584. The lowest BCUT2D eigenvalue weighted by atomic mass is 9.82. The van der Waals surface area contributed by atoms with E-state index in [2.05, 4.69) is 0 Å². The van der Waals surface area contributed by atoms with Gasteiger partial charge in [-0.1, -0.05) is 34.8 Å². The number of ketones is 1. The lowest BCUT2D eigenvalue weighted by molar-refractivity contribution is -0.136. The number of hydrogen-bond acceptors (Lipinski definition) is 4. The van der Waals surface area contributed by atoms with Crippen molar-refractivity contribution in [3.8, 4) is 11.5 Å². The van der Waals surface area contributed by atoms with E-state index in [1.807, 2.05) is 6.92 Å². The normalized spacial score (nSPS) is 17.5. The van der Waals surface area contributed by atoms with Gasteiger partial charge in [-0.25, -0.2) is 0 Å². The molecule has 0 aliphatic carbocycles. The highest BCUT2D eigenvalue weighted by Crippen LogP contribution is 2.42. The van der Waals surface area contributed by atoms with Crippen molar-refractivity contribution >= 4 is 46.5 Å². The number of benzene rings is 2. The van der Waals surface area contributed by atoms with E-state index in [9.17, 15) is 9.59 Å². The number of piperidine rings is 1. The number of carbonyl (C=O) groups excluding carboxylic acids is 2. The summed E-state index contributed by atoms with van der Waals surface area (Å²) in [6.07, 6.45) is 1.44. The predicted octanol–water partition coefficient (Wildman–Crippen LogP) is 5.36. The lowest BCUT2D eigenvalue weighted by Crippen LogP contribution is -2.53. The van der Waals surface area contributed by atoms with Gasteiger partial charge in [0.25, 0.3) is 5.91 Å². The van der Waals surface area contributed by atoms with Gasteiger partial charge in [0.2, 0.25) is 0 Å². The Kier molecular flexibility index (Phi) is 5.88. The van der Waals surface area contributed by atoms with Crippen LogP contribution in [-0.4, -0.2) is 41.9 Å². The third-order valence-corrected chi connectivity index (χ3v) is 6.36. The van der Waals surface area contributed by atoms with Gasteiger partial charge in [-0.3, -0.25) is 9.59 Å². The number of ether oxygens (including phenoxy) is 2. The highest BCUT2D eigenvalue weighted by atomic mass is 35.5. The highest BCUT2D eigenvalue weighted by Gasteiger charge is 2.44. The van der Waals surface area contributed by atoms with E-state index in [4.69, 9.17) is 44.3 Å². The molecule has 2 aliphatic rings. The van der Waals surface area contributed by atoms with E-state index in [0.717, 1.165) is 5.56 Å². The second-order valence-corrected chi connectivity index (χ2v) is 9.01. The molecule has 1 saturated heterocycles. The number of hydrogen-bond donors (Lipinski definition) is 0. The van der Waals surface area contributed by atoms with Gasteiger partial charge >= 0.3 is 0 Å². The number of halogens is 3. The summed E-state index contributed by atoms with van der Waals surface area (Å²) < 4.78 is 11.9. The average Bonchev–Trinajstić information content (AvgIpc) is 2.69. The zero-order valence-electron chi connectivity index (χ0n) is 16.3. The van der Waals surface area contributed by atoms with Crippen LogP contribution in [0.5, 0.6) is 11.5 Å². The molecule has 2 aromatic carbocycles. The topological polar surface area (TPSA) is 55.8 Å². The van der Waals surface area contributed by atoms with Crippen molar-refractivity contribution in [1.82, 2.24) is 4.90 Å². The van der Waals surface area contributed by atoms with Crippen LogP contribution < -0.4 is 9.47 Å². The minimum absolute atomic E-state index is 0.0299. The fourth-order valence-corrected chi connectivity index (χ4v) is 4.71. The van der Waals surface area contributed by atoms with Crippen molar-refractivity contribution in [3.63, 3.8) is 0 Å². The molecule has 0 radical (unpaired) electrons. The molecular formula is C22H20Cl3NO4. The molecule has 2 aromatic rings. The SMILES string of the molecule is Cc1cc(Cl)cc2c1OC1(CCN(C(=O)COc3ccc(Cl)cc3Cl)CC1)CC2=O. The molecule has 30 heavy (non-hydrogen) atoms. The minimum Gasteiger partial charge on any atom is -0.486 e. The van der Waals surface area contributed by atoms with Crippen molar-refractivity contribution < 1.29 is 19.1 Å².